The summed E-state index contributed by atoms with van der Waals surface area (Å²) in [7, 11) is 0. The molecule has 0 fully saturated rings. The van der Waals surface area contributed by atoms with Crippen molar-refractivity contribution < 1.29 is 13.9 Å². The second kappa shape index (κ2) is 9.67. The molecule has 0 radical (unpaired) electrons. The molecule has 11 heteroatoms. The van der Waals surface area contributed by atoms with Gasteiger partial charge in [-0.15, -0.1) is 15.3 Å². The van der Waals surface area contributed by atoms with Crippen molar-refractivity contribution >= 4 is 22.5 Å². The summed E-state index contributed by atoms with van der Waals surface area (Å²) >= 11 is 0. The Hall–Kier alpha value is -4.67. The Morgan fingerprint density at radius 3 is 2.83 bits per heavy atom. The van der Waals surface area contributed by atoms with Crippen LogP contribution in [0.15, 0.2) is 71.8 Å². The maximum absolute atomic E-state index is 13.6. The molecule has 5 aromatic rings. The van der Waals surface area contributed by atoms with Crippen molar-refractivity contribution in [2.45, 2.75) is 13.0 Å². The number of amides is 1. The van der Waals surface area contributed by atoms with Crippen LogP contribution in [0.1, 0.15) is 6.42 Å². The number of carbonyl (C=O) groups excluding carboxylic acids is 1. The van der Waals surface area contributed by atoms with E-state index in [9.17, 15) is 14.0 Å². The van der Waals surface area contributed by atoms with E-state index in [4.69, 9.17) is 4.74 Å². The Labute approximate surface area is 198 Å². The van der Waals surface area contributed by atoms with Crippen LogP contribution in [0.4, 0.5) is 4.39 Å². The van der Waals surface area contributed by atoms with Gasteiger partial charge in [-0.05, 0) is 30.3 Å². The molecule has 0 aliphatic carbocycles. The monoisotopic (exact) mass is 473 g/mol. The fourth-order valence-electron chi connectivity index (χ4n) is 3.58. The Balaban J connectivity index is 1.14. The van der Waals surface area contributed by atoms with E-state index >= 15 is 0 Å². The number of aromatic nitrogens is 6. The molecule has 0 saturated heterocycles. The van der Waals surface area contributed by atoms with Crippen molar-refractivity contribution in [2.24, 2.45) is 0 Å². The van der Waals surface area contributed by atoms with Gasteiger partial charge in [0.05, 0.1) is 23.8 Å². The number of nitrogens with one attached hydrogen (secondary N) is 1. The SMILES string of the molecule is O=C(CCn1cnc2ccccc2c1=O)NCCOc1ccc2nnc(-c3cccc(F)c3)n2n1. The highest BCUT2D eigenvalue weighted by Gasteiger charge is 2.11. The van der Waals surface area contributed by atoms with Gasteiger partial charge in [-0.3, -0.25) is 14.2 Å². The number of aryl methyl sites for hydroxylation is 1. The lowest BCUT2D eigenvalue weighted by Gasteiger charge is -2.09. The number of carbonyl (C=O) groups is 1. The van der Waals surface area contributed by atoms with Gasteiger partial charge in [0.15, 0.2) is 11.5 Å². The summed E-state index contributed by atoms with van der Waals surface area (Å²) in [6.07, 6.45) is 1.58. The number of fused-ring (bicyclic) bond motifs is 2. The minimum atomic E-state index is -0.385. The molecule has 0 saturated carbocycles. The number of benzene rings is 2. The molecule has 3 aromatic heterocycles. The fraction of sp³-hybridized carbons (Fsp3) is 0.167. The summed E-state index contributed by atoms with van der Waals surface area (Å²) in [6, 6.07) is 16.4. The van der Waals surface area contributed by atoms with Crippen molar-refractivity contribution in [3.63, 3.8) is 0 Å². The maximum Gasteiger partial charge on any atom is 0.261 e. The molecule has 1 N–H and O–H groups in total. The number of nitrogens with zero attached hydrogens (tertiary/aromatic N) is 6. The molecular weight excluding hydrogens is 453 g/mol. The lowest BCUT2D eigenvalue weighted by molar-refractivity contribution is -0.121. The largest absolute Gasteiger partial charge is 0.475 e. The van der Waals surface area contributed by atoms with E-state index in [1.54, 1.807) is 42.5 Å². The Kier molecular flexibility index (Phi) is 6.12. The van der Waals surface area contributed by atoms with Crippen LogP contribution in [0.5, 0.6) is 5.88 Å². The third-order valence-electron chi connectivity index (χ3n) is 5.31. The van der Waals surface area contributed by atoms with Crippen molar-refractivity contribution in [3.8, 4) is 17.3 Å². The number of hydrogen-bond donors (Lipinski definition) is 1. The topological polar surface area (TPSA) is 116 Å². The number of hydrogen-bond acceptors (Lipinski definition) is 7. The zero-order valence-corrected chi connectivity index (χ0v) is 18.5. The van der Waals surface area contributed by atoms with Crippen LogP contribution in [0.25, 0.3) is 27.9 Å². The molecule has 0 aliphatic rings. The van der Waals surface area contributed by atoms with Gasteiger partial charge in [-0.25, -0.2) is 9.37 Å². The first-order valence-corrected chi connectivity index (χ1v) is 10.9. The minimum absolute atomic E-state index is 0.127. The number of rotatable bonds is 8. The summed E-state index contributed by atoms with van der Waals surface area (Å²) < 4.78 is 22.1. The van der Waals surface area contributed by atoms with Crippen molar-refractivity contribution in [1.29, 1.82) is 0 Å². The summed E-state index contributed by atoms with van der Waals surface area (Å²) in [4.78, 5) is 29.0. The molecule has 5 rings (SSSR count). The highest BCUT2D eigenvalue weighted by molar-refractivity contribution is 5.77. The Morgan fingerprint density at radius 2 is 1.94 bits per heavy atom. The van der Waals surface area contributed by atoms with Crippen LogP contribution in [0.2, 0.25) is 0 Å². The molecule has 0 aliphatic heterocycles. The summed E-state index contributed by atoms with van der Waals surface area (Å²) in [5, 5.41) is 15.7. The lowest BCUT2D eigenvalue weighted by Crippen LogP contribution is -2.30. The molecule has 0 bridgehead atoms. The maximum atomic E-state index is 13.6. The molecule has 0 spiro atoms. The average molecular weight is 473 g/mol. The van der Waals surface area contributed by atoms with Gasteiger partial charge >= 0.3 is 0 Å². The predicted octanol–water partition coefficient (Wildman–Crippen LogP) is 2.23. The van der Waals surface area contributed by atoms with Gasteiger partial charge in [0.1, 0.15) is 12.4 Å². The zero-order chi connectivity index (χ0) is 24.2. The quantitative estimate of drug-likeness (QED) is 0.344. The Morgan fingerprint density at radius 1 is 1.06 bits per heavy atom. The van der Waals surface area contributed by atoms with E-state index in [0.29, 0.717) is 33.8 Å². The fourth-order valence-corrected chi connectivity index (χ4v) is 3.58. The number of ether oxygens (including phenoxy) is 1. The number of halogens is 1. The lowest BCUT2D eigenvalue weighted by atomic mass is 10.2. The third-order valence-corrected chi connectivity index (χ3v) is 5.31. The van der Waals surface area contributed by atoms with Gasteiger partial charge in [0.2, 0.25) is 11.8 Å². The predicted molar refractivity (Wildman–Crippen MR) is 125 cm³/mol. The molecule has 3 heterocycles. The van der Waals surface area contributed by atoms with E-state index < -0.39 is 0 Å². The van der Waals surface area contributed by atoms with E-state index in [0.717, 1.165) is 0 Å². The van der Waals surface area contributed by atoms with Crippen molar-refractivity contribution in [3.05, 3.63) is 83.2 Å². The van der Waals surface area contributed by atoms with E-state index in [1.165, 1.54) is 27.5 Å². The summed E-state index contributed by atoms with van der Waals surface area (Å²) in [5.74, 6) is 0.0862. The molecule has 2 aromatic carbocycles. The van der Waals surface area contributed by atoms with Crippen LogP contribution in [-0.4, -0.2) is 48.4 Å². The molecular formula is C24H20FN7O3. The normalized spacial score (nSPS) is 11.1. The number of para-hydroxylation sites is 1. The van der Waals surface area contributed by atoms with Gasteiger partial charge < -0.3 is 10.1 Å². The van der Waals surface area contributed by atoms with Crippen molar-refractivity contribution in [1.82, 2.24) is 34.7 Å². The molecule has 0 atom stereocenters. The van der Waals surface area contributed by atoms with E-state index in [2.05, 4.69) is 25.6 Å². The standard InChI is InChI=1S/C24H20FN7O3/c25-17-5-3-4-16(14-17)23-29-28-20-8-9-22(30-32(20)23)35-13-11-26-21(33)10-12-31-15-27-19-7-2-1-6-18(19)24(31)34/h1-9,14-15H,10-13H2,(H,26,33). The van der Waals surface area contributed by atoms with E-state index in [1.807, 2.05) is 6.07 Å². The van der Waals surface area contributed by atoms with Gasteiger partial charge in [0.25, 0.3) is 5.56 Å². The first-order valence-electron chi connectivity index (χ1n) is 10.9. The summed E-state index contributed by atoms with van der Waals surface area (Å²) in [6.45, 7) is 0.652. The van der Waals surface area contributed by atoms with Crippen LogP contribution in [0.3, 0.4) is 0 Å². The van der Waals surface area contributed by atoms with Crippen molar-refractivity contribution in [2.75, 3.05) is 13.2 Å². The van der Waals surface area contributed by atoms with E-state index in [-0.39, 0.29) is 43.4 Å². The highest BCUT2D eigenvalue weighted by Crippen LogP contribution is 2.19. The van der Waals surface area contributed by atoms with Gasteiger partial charge in [-0.2, -0.15) is 4.52 Å². The average Bonchev–Trinajstić information content (AvgIpc) is 3.30. The molecule has 0 unspecified atom stereocenters. The molecule has 35 heavy (non-hydrogen) atoms. The first-order chi connectivity index (χ1) is 17.1. The van der Waals surface area contributed by atoms with Crippen LogP contribution in [0, 0.1) is 5.82 Å². The zero-order valence-electron chi connectivity index (χ0n) is 18.5. The molecule has 176 valence electrons. The molecule has 1 amide bonds. The minimum Gasteiger partial charge on any atom is -0.475 e. The summed E-state index contributed by atoms with van der Waals surface area (Å²) in [5.41, 5.74) is 1.47. The van der Waals surface area contributed by atoms with Gasteiger partial charge in [0, 0.05) is 24.6 Å². The Bertz CT molecular complexity index is 1580. The van der Waals surface area contributed by atoms with Gasteiger partial charge in [-0.1, -0.05) is 24.3 Å². The highest BCUT2D eigenvalue weighted by atomic mass is 19.1. The van der Waals surface area contributed by atoms with Crippen LogP contribution < -0.4 is 15.6 Å². The first kappa shape index (κ1) is 22.1. The second-order valence-electron chi connectivity index (χ2n) is 7.68. The smallest absolute Gasteiger partial charge is 0.261 e. The second-order valence-corrected chi connectivity index (χ2v) is 7.68. The third kappa shape index (κ3) is 4.83. The van der Waals surface area contributed by atoms with Crippen LogP contribution >= 0.6 is 0 Å². The molecule has 10 nitrogen and oxygen atoms in total. The van der Waals surface area contributed by atoms with Crippen LogP contribution in [-0.2, 0) is 11.3 Å².